The van der Waals surface area contributed by atoms with E-state index in [-0.39, 0.29) is 30.1 Å². The van der Waals surface area contributed by atoms with Crippen LogP contribution in [0.4, 0.5) is 0 Å². The minimum Gasteiger partial charge on any atom is -0.481 e. The number of aliphatic hydroxyl groups excluding tert-OH is 4. The number of carbonyl (C=O) groups is 2. The minimum absolute atomic E-state index is 0.0707. The molecule has 4 rings (SSSR count). The number of aliphatic carboxylic acids is 1. The van der Waals surface area contributed by atoms with Crippen LogP contribution in [0.2, 0.25) is 0 Å². The summed E-state index contributed by atoms with van der Waals surface area (Å²) in [5.74, 6) is -2.04. The lowest BCUT2D eigenvalue weighted by molar-refractivity contribution is -0.302. The summed E-state index contributed by atoms with van der Waals surface area (Å²) in [4.78, 5) is 25.6. The number of fused-ring (bicyclic) bond motifs is 3. The van der Waals surface area contributed by atoms with Gasteiger partial charge in [0.1, 0.15) is 30.2 Å². The standard InChI is InChI=1S/C26H42O10/c1-23(9-10-35-21-19(31)18(30)17(29)16(13-27)36-21)7-8-26(34)14(12-23)11-15(28)20-24(2,22(32)33)5-4-6-25(20,26)3/h14,16-21,27,29-31,34H,4-13H2,1-3H3,(H,32,33). The molecule has 36 heavy (non-hydrogen) atoms. The number of aliphatic hydroxyl groups is 5. The van der Waals surface area contributed by atoms with Crippen LogP contribution in [0.25, 0.3) is 0 Å². The van der Waals surface area contributed by atoms with E-state index >= 15 is 0 Å². The highest BCUT2D eigenvalue weighted by Crippen LogP contribution is 2.66. The molecule has 0 amide bonds. The van der Waals surface area contributed by atoms with Gasteiger partial charge in [0.15, 0.2) is 6.29 Å². The lowest BCUT2D eigenvalue weighted by Crippen LogP contribution is -2.68. The lowest BCUT2D eigenvalue weighted by Gasteiger charge is -2.64. The molecular weight excluding hydrogens is 472 g/mol. The van der Waals surface area contributed by atoms with Gasteiger partial charge in [0.2, 0.25) is 0 Å². The third kappa shape index (κ3) is 4.22. The summed E-state index contributed by atoms with van der Waals surface area (Å²) in [7, 11) is 0. The van der Waals surface area contributed by atoms with Gasteiger partial charge in [0.05, 0.1) is 24.2 Å². The Morgan fingerprint density at radius 1 is 1.06 bits per heavy atom. The number of hydrogen-bond acceptors (Lipinski definition) is 9. The summed E-state index contributed by atoms with van der Waals surface area (Å²) in [6.45, 7) is 5.28. The van der Waals surface area contributed by atoms with E-state index in [1.165, 1.54) is 0 Å². The second kappa shape index (κ2) is 9.55. The normalized spacial score (nSPS) is 51.3. The number of ketones is 1. The molecule has 1 saturated heterocycles. The van der Waals surface area contributed by atoms with Crippen molar-refractivity contribution in [2.45, 2.75) is 108 Å². The van der Waals surface area contributed by atoms with Crippen molar-refractivity contribution < 1.29 is 49.7 Å². The van der Waals surface area contributed by atoms with Crippen LogP contribution in [0.15, 0.2) is 0 Å². The molecule has 0 aromatic rings. The van der Waals surface area contributed by atoms with Gasteiger partial charge in [-0.15, -0.1) is 0 Å². The number of carboxylic acid groups (broad SMARTS) is 1. The molecule has 206 valence electrons. The first kappa shape index (κ1) is 27.9. The second-order valence-electron chi connectivity index (χ2n) is 12.6. The Bertz CT molecular complexity index is 864. The molecule has 0 aromatic carbocycles. The Hall–Kier alpha value is -1.14. The van der Waals surface area contributed by atoms with Gasteiger partial charge in [-0.3, -0.25) is 9.59 Å². The molecule has 1 heterocycles. The van der Waals surface area contributed by atoms with Crippen LogP contribution in [0.5, 0.6) is 0 Å². The first-order valence-electron chi connectivity index (χ1n) is 13.1. The Kier molecular flexibility index (Phi) is 7.40. The smallest absolute Gasteiger partial charge is 0.310 e. The van der Waals surface area contributed by atoms with Gasteiger partial charge in [-0.1, -0.05) is 20.3 Å². The zero-order valence-corrected chi connectivity index (χ0v) is 21.4. The largest absolute Gasteiger partial charge is 0.481 e. The summed E-state index contributed by atoms with van der Waals surface area (Å²) in [5.41, 5.74) is -3.36. The third-order valence-electron chi connectivity index (χ3n) is 10.3. The van der Waals surface area contributed by atoms with Crippen molar-refractivity contribution in [3.05, 3.63) is 0 Å². The summed E-state index contributed by atoms with van der Waals surface area (Å²) in [6.07, 6.45) is -2.53. The van der Waals surface area contributed by atoms with Crippen LogP contribution in [-0.2, 0) is 19.1 Å². The number of Topliss-reactive ketones (excluding diaryl/α,β-unsaturated/α-hetero) is 1. The average molecular weight is 515 g/mol. The first-order chi connectivity index (χ1) is 16.7. The van der Waals surface area contributed by atoms with E-state index < -0.39 is 65.6 Å². The summed E-state index contributed by atoms with van der Waals surface area (Å²) < 4.78 is 11.1. The SMILES string of the molecule is CC1(CCOC2OC(CO)C(O)C(O)C2O)CCC2(O)C(CC(=O)C3C(C)(C(=O)O)CCCC32C)C1. The van der Waals surface area contributed by atoms with Gasteiger partial charge in [0.25, 0.3) is 0 Å². The fourth-order valence-corrected chi connectivity index (χ4v) is 7.99. The maximum absolute atomic E-state index is 13.4. The van der Waals surface area contributed by atoms with Crippen LogP contribution in [0.1, 0.15) is 72.1 Å². The summed E-state index contributed by atoms with van der Waals surface area (Å²) >= 11 is 0. The fraction of sp³-hybridized carbons (Fsp3) is 0.923. The van der Waals surface area contributed by atoms with E-state index in [0.29, 0.717) is 44.9 Å². The van der Waals surface area contributed by atoms with E-state index in [9.17, 15) is 40.2 Å². The second-order valence-corrected chi connectivity index (χ2v) is 12.6. The maximum atomic E-state index is 13.4. The number of ether oxygens (including phenoxy) is 2. The van der Waals surface area contributed by atoms with Crippen molar-refractivity contribution in [1.29, 1.82) is 0 Å². The monoisotopic (exact) mass is 514 g/mol. The molecule has 1 aliphatic heterocycles. The molecule has 6 N–H and O–H groups in total. The summed E-state index contributed by atoms with van der Waals surface area (Å²) in [6, 6.07) is 0. The van der Waals surface area contributed by atoms with E-state index in [4.69, 9.17) is 9.47 Å². The molecule has 10 heteroatoms. The van der Waals surface area contributed by atoms with E-state index in [1.54, 1.807) is 6.92 Å². The number of hydrogen-bond donors (Lipinski definition) is 6. The quantitative estimate of drug-likeness (QED) is 0.294. The Balaban J connectivity index is 1.44. The van der Waals surface area contributed by atoms with E-state index in [0.717, 1.165) is 0 Å². The van der Waals surface area contributed by atoms with Gasteiger partial charge in [0, 0.05) is 17.8 Å². The van der Waals surface area contributed by atoms with Gasteiger partial charge in [-0.2, -0.15) is 0 Å². The van der Waals surface area contributed by atoms with E-state index in [1.807, 2.05) is 6.92 Å². The highest BCUT2D eigenvalue weighted by atomic mass is 16.7. The molecule has 4 aliphatic rings. The van der Waals surface area contributed by atoms with E-state index in [2.05, 4.69) is 6.92 Å². The molecule has 4 fully saturated rings. The molecule has 0 aromatic heterocycles. The molecular formula is C26H42O10. The molecule has 11 atom stereocenters. The van der Waals surface area contributed by atoms with Crippen molar-refractivity contribution in [3.63, 3.8) is 0 Å². The van der Waals surface area contributed by atoms with Gasteiger partial charge in [-0.05, 0) is 56.8 Å². The Morgan fingerprint density at radius 3 is 2.39 bits per heavy atom. The van der Waals surface area contributed by atoms with Crippen molar-refractivity contribution in [1.82, 2.24) is 0 Å². The molecule has 11 unspecified atom stereocenters. The minimum atomic E-state index is -1.50. The van der Waals surface area contributed by atoms with Crippen molar-refractivity contribution in [3.8, 4) is 0 Å². The van der Waals surface area contributed by atoms with Crippen molar-refractivity contribution in [2.24, 2.45) is 28.1 Å². The molecule has 0 radical (unpaired) electrons. The molecule has 3 saturated carbocycles. The molecule has 3 aliphatic carbocycles. The number of carboxylic acids is 1. The third-order valence-corrected chi connectivity index (χ3v) is 10.3. The average Bonchev–Trinajstić information content (AvgIpc) is 2.80. The number of rotatable bonds is 6. The zero-order valence-electron chi connectivity index (χ0n) is 21.4. The Morgan fingerprint density at radius 2 is 1.75 bits per heavy atom. The van der Waals surface area contributed by atoms with Crippen molar-refractivity contribution >= 4 is 11.8 Å². The molecule has 0 bridgehead atoms. The fourth-order valence-electron chi connectivity index (χ4n) is 7.99. The number of carbonyl (C=O) groups excluding carboxylic acids is 1. The highest BCUT2D eigenvalue weighted by molar-refractivity contribution is 5.90. The predicted molar refractivity (Wildman–Crippen MR) is 126 cm³/mol. The zero-order chi connectivity index (χ0) is 26.7. The van der Waals surface area contributed by atoms with Gasteiger partial charge < -0.3 is 40.1 Å². The van der Waals surface area contributed by atoms with Crippen LogP contribution in [0.3, 0.4) is 0 Å². The van der Waals surface area contributed by atoms with Gasteiger partial charge >= 0.3 is 5.97 Å². The molecule has 0 spiro atoms. The topological polar surface area (TPSA) is 174 Å². The summed E-state index contributed by atoms with van der Waals surface area (Å²) in [5, 5.41) is 61.5. The van der Waals surface area contributed by atoms with Crippen LogP contribution in [0, 0.1) is 28.1 Å². The maximum Gasteiger partial charge on any atom is 0.310 e. The lowest BCUT2D eigenvalue weighted by atomic mass is 9.40. The first-order valence-corrected chi connectivity index (χ1v) is 13.1. The van der Waals surface area contributed by atoms with Crippen LogP contribution in [-0.4, -0.2) is 91.9 Å². The molecule has 10 nitrogen and oxygen atoms in total. The van der Waals surface area contributed by atoms with Gasteiger partial charge in [-0.25, -0.2) is 0 Å². The predicted octanol–water partition coefficient (Wildman–Crippen LogP) is 0.601. The highest BCUT2D eigenvalue weighted by Gasteiger charge is 2.69. The van der Waals surface area contributed by atoms with Crippen LogP contribution >= 0.6 is 0 Å². The van der Waals surface area contributed by atoms with Crippen molar-refractivity contribution in [2.75, 3.05) is 13.2 Å². The van der Waals surface area contributed by atoms with Crippen LogP contribution < -0.4 is 0 Å². The Labute approximate surface area is 211 Å².